The van der Waals surface area contributed by atoms with E-state index in [1.54, 1.807) is 0 Å². The van der Waals surface area contributed by atoms with Crippen LogP contribution >= 0.6 is 11.3 Å². The maximum absolute atomic E-state index is 16.5. The van der Waals surface area contributed by atoms with Gasteiger partial charge in [0.1, 0.15) is 22.8 Å². The summed E-state index contributed by atoms with van der Waals surface area (Å²) in [6.45, 7) is -6.22. The number of hydrogen-bond acceptors (Lipinski definition) is 9. The van der Waals surface area contributed by atoms with Crippen LogP contribution in [0.2, 0.25) is 0 Å². The van der Waals surface area contributed by atoms with Gasteiger partial charge in [-0.25, -0.2) is 23.1 Å². The van der Waals surface area contributed by atoms with Crippen molar-refractivity contribution in [2.45, 2.75) is 45.2 Å². The van der Waals surface area contributed by atoms with E-state index in [1.807, 2.05) is 6.07 Å². The number of nitrogens with two attached hydrogens (primary N) is 1. The summed E-state index contributed by atoms with van der Waals surface area (Å²) in [5.41, 5.74) is 6.75. The molecule has 190 valence electrons. The minimum Gasteiger partial charge on any atom is -0.389 e. The SMILES string of the molecule is [2H]C([2H])([2H])C(N[C@H]1CN(c2ncc3c4c(c(-c5ncc(F)c6sc(N)c(C#N)c56)c(F)c3n2)COC4)C[C@@H]1F)C([2H])([2H])[2H]. The van der Waals surface area contributed by atoms with Crippen LogP contribution in [0.3, 0.4) is 0 Å². The van der Waals surface area contributed by atoms with Crippen LogP contribution < -0.4 is 16.0 Å². The monoisotopic (exact) mass is 531 g/mol. The highest BCUT2D eigenvalue weighted by Crippen LogP contribution is 2.45. The fourth-order valence-electron chi connectivity index (χ4n) is 4.99. The number of nitriles is 1. The van der Waals surface area contributed by atoms with Crippen LogP contribution in [0, 0.1) is 23.0 Å². The van der Waals surface area contributed by atoms with Crippen molar-refractivity contribution in [1.29, 1.82) is 5.26 Å². The van der Waals surface area contributed by atoms with Crippen molar-refractivity contribution in [2.75, 3.05) is 23.7 Å². The van der Waals surface area contributed by atoms with Crippen LogP contribution in [0.5, 0.6) is 0 Å². The summed E-state index contributed by atoms with van der Waals surface area (Å²) >= 11 is 0.850. The summed E-state index contributed by atoms with van der Waals surface area (Å²) in [5.74, 6) is -1.63. The standard InChI is InChI=1S/C25H22F3N7OS/c1-10(2)33-17-7-35(6-16(17)27)25-32-4-12-13-8-36-9-14(13)18(20(28)21(12)34-25)22-19-11(3-29)24(30)37-23(19)15(26)5-31-22/h4-5,10,16-17,33H,6-9,30H2,1-2H3/t16-,17-/m0/s1/i1D3,2D3. The van der Waals surface area contributed by atoms with Gasteiger partial charge in [0.15, 0.2) is 11.6 Å². The number of hydrogen-bond donors (Lipinski definition) is 2. The van der Waals surface area contributed by atoms with Crippen LogP contribution in [0.15, 0.2) is 12.4 Å². The van der Waals surface area contributed by atoms with Gasteiger partial charge >= 0.3 is 0 Å². The average Bonchev–Trinajstić information content (AvgIpc) is 3.64. The van der Waals surface area contributed by atoms with Crippen LogP contribution in [-0.4, -0.2) is 46.3 Å². The van der Waals surface area contributed by atoms with Crippen molar-refractivity contribution >= 4 is 43.3 Å². The third-order valence-corrected chi connectivity index (χ3v) is 7.67. The van der Waals surface area contributed by atoms with Gasteiger partial charge < -0.3 is 20.7 Å². The molecule has 2 aliphatic heterocycles. The number of ether oxygens (including phenoxy) is 1. The number of nitrogen functional groups attached to an aromatic ring is 1. The fraction of sp³-hybridized carbons (Fsp3) is 0.360. The molecule has 0 aliphatic carbocycles. The van der Waals surface area contributed by atoms with Crippen LogP contribution in [0.1, 0.15) is 38.6 Å². The Morgan fingerprint density at radius 3 is 2.86 bits per heavy atom. The Bertz CT molecular complexity index is 1810. The number of benzene rings is 1. The van der Waals surface area contributed by atoms with E-state index in [2.05, 4.69) is 20.3 Å². The van der Waals surface area contributed by atoms with Gasteiger partial charge in [0.05, 0.1) is 48.0 Å². The quantitative estimate of drug-likeness (QED) is 0.403. The largest absolute Gasteiger partial charge is 0.389 e. The lowest BCUT2D eigenvalue weighted by Crippen LogP contribution is -2.41. The summed E-state index contributed by atoms with van der Waals surface area (Å²) in [5, 5.41) is 12.6. The number of fused-ring (bicyclic) bond motifs is 4. The summed E-state index contributed by atoms with van der Waals surface area (Å²) in [6, 6.07) is -1.19. The molecule has 4 aromatic rings. The zero-order chi connectivity index (χ0) is 31.0. The third kappa shape index (κ3) is 3.68. The molecule has 5 heterocycles. The second-order valence-corrected chi connectivity index (χ2v) is 9.86. The highest BCUT2D eigenvalue weighted by atomic mass is 32.1. The molecule has 0 saturated carbocycles. The molecular weight excluding hydrogens is 503 g/mol. The second kappa shape index (κ2) is 8.79. The Balaban J connectivity index is 1.44. The molecule has 0 amide bonds. The van der Waals surface area contributed by atoms with E-state index in [0.717, 1.165) is 17.5 Å². The maximum atomic E-state index is 16.5. The second-order valence-electron chi connectivity index (χ2n) is 8.81. The summed E-state index contributed by atoms with van der Waals surface area (Å²) < 4.78 is 97.5. The Hall–Kier alpha value is -3.53. The lowest BCUT2D eigenvalue weighted by atomic mass is 9.94. The third-order valence-electron chi connectivity index (χ3n) is 6.64. The number of pyridine rings is 1. The maximum Gasteiger partial charge on any atom is 0.226 e. The van der Waals surface area contributed by atoms with Crippen molar-refractivity contribution in [3.8, 4) is 17.3 Å². The van der Waals surface area contributed by atoms with Gasteiger partial charge in [-0.05, 0) is 11.1 Å². The van der Waals surface area contributed by atoms with Gasteiger partial charge in [0.25, 0.3) is 0 Å². The van der Waals surface area contributed by atoms with Crippen LogP contribution in [-0.2, 0) is 18.0 Å². The van der Waals surface area contributed by atoms with Gasteiger partial charge in [-0.1, -0.05) is 13.7 Å². The number of aromatic nitrogens is 3. The molecule has 1 saturated heterocycles. The molecule has 1 aromatic carbocycles. The van der Waals surface area contributed by atoms with Gasteiger partial charge in [-0.15, -0.1) is 11.3 Å². The van der Waals surface area contributed by atoms with Crippen molar-refractivity contribution in [3.05, 3.63) is 40.7 Å². The van der Waals surface area contributed by atoms with Crippen molar-refractivity contribution in [3.63, 3.8) is 0 Å². The first kappa shape index (κ1) is 17.8. The van der Waals surface area contributed by atoms with Crippen molar-refractivity contribution < 1.29 is 26.1 Å². The summed E-state index contributed by atoms with van der Waals surface area (Å²) in [6.07, 6.45) is 0.623. The molecule has 0 unspecified atom stereocenters. The predicted octanol–water partition coefficient (Wildman–Crippen LogP) is 4.19. The Morgan fingerprint density at radius 1 is 1.27 bits per heavy atom. The molecule has 1 fully saturated rings. The number of thiophene rings is 1. The molecule has 0 spiro atoms. The van der Waals surface area contributed by atoms with E-state index in [-0.39, 0.29) is 69.7 Å². The van der Waals surface area contributed by atoms with Gasteiger partial charge in [-0.2, -0.15) is 5.26 Å². The van der Waals surface area contributed by atoms with E-state index < -0.39 is 43.6 Å². The number of halogens is 3. The first-order valence-electron chi connectivity index (χ1n) is 14.2. The van der Waals surface area contributed by atoms with Crippen molar-refractivity contribution in [2.24, 2.45) is 0 Å². The van der Waals surface area contributed by atoms with E-state index in [0.29, 0.717) is 16.5 Å². The van der Waals surface area contributed by atoms with Gasteiger partial charge in [-0.3, -0.25) is 4.98 Å². The molecule has 3 N–H and O–H groups in total. The number of nitrogens with one attached hydrogen (secondary N) is 1. The van der Waals surface area contributed by atoms with Crippen LogP contribution in [0.25, 0.3) is 32.2 Å². The van der Waals surface area contributed by atoms with E-state index >= 15 is 8.78 Å². The number of anilines is 2. The Labute approximate surface area is 222 Å². The average molecular weight is 532 g/mol. The smallest absolute Gasteiger partial charge is 0.226 e. The van der Waals surface area contributed by atoms with Gasteiger partial charge in [0, 0.05) is 43.3 Å². The lowest BCUT2D eigenvalue weighted by Gasteiger charge is -2.19. The molecule has 2 aliphatic rings. The Morgan fingerprint density at radius 2 is 2.08 bits per heavy atom. The minimum absolute atomic E-state index is 0.00292. The minimum atomic E-state index is -2.92. The van der Waals surface area contributed by atoms with E-state index in [4.69, 9.17) is 18.7 Å². The summed E-state index contributed by atoms with van der Waals surface area (Å²) in [4.78, 5) is 14.2. The zero-order valence-electron chi connectivity index (χ0n) is 25.0. The Kier molecular flexibility index (Phi) is 4.24. The first-order valence-corrected chi connectivity index (χ1v) is 12.0. The predicted molar refractivity (Wildman–Crippen MR) is 135 cm³/mol. The highest BCUT2D eigenvalue weighted by molar-refractivity contribution is 7.23. The molecule has 8 nitrogen and oxygen atoms in total. The summed E-state index contributed by atoms with van der Waals surface area (Å²) in [7, 11) is 0. The normalized spacial score (nSPS) is 22.4. The molecule has 37 heavy (non-hydrogen) atoms. The highest BCUT2D eigenvalue weighted by Gasteiger charge is 2.35. The fourth-order valence-corrected chi connectivity index (χ4v) is 5.91. The molecule has 0 radical (unpaired) electrons. The lowest BCUT2D eigenvalue weighted by molar-refractivity contribution is 0.135. The topological polar surface area (TPSA) is 113 Å². The van der Waals surface area contributed by atoms with Crippen molar-refractivity contribution in [1.82, 2.24) is 20.3 Å². The first-order chi connectivity index (χ1) is 20.2. The van der Waals surface area contributed by atoms with E-state index in [1.165, 1.54) is 11.1 Å². The van der Waals surface area contributed by atoms with E-state index in [9.17, 15) is 9.65 Å². The molecule has 2 atom stereocenters. The number of rotatable bonds is 4. The molecule has 12 heteroatoms. The zero-order valence-corrected chi connectivity index (χ0v) is 19.8. The molecule has 6 rings (SSSR count). The molecule has 3 aromatic heterocycles. The number of nitrogens with zero attached hydrogens (tertiary/aromatic N) is 5. The van der Waals surface area contributed by atoms with Gasteiger partial charge in [0.2, 0.25) is 5.95 Å². The molecule has 0 bridgehead atoms. The van der Waals surface area contributed by atoms with Crippen LogP contribution in [0.4, 0.5) is 24.1 Å². The number of alkyl halides is 1. The molecular formula is C25H22F3N7OS.